The molecule has 9 heteroatoms. The van der Waals surface area contributed by atoms with Gasteiger partial charge in [-0.2, -0.15) is 5.10 Å². The lowest BCUT2D eigenvalue weighted by Gasteiger charge is -2.25. The van der Waals surface area contributed by atoms with Crippen LogP contribution in [0.3, 0.4) is 0 Å². The third-order valence-corrected chi connectivity index (χ3v) is 7.42. The Balaban J connectivity index is 1.69. The first kappa shape index (κ1) is 24.0. The molecule has 182 valence electrons. The number of allylic oxidation sites excluding steroid dienone is 1. The Morgan fingerprint density at radius 3 is 2.50 bits per heavy atom. The summed E-state index contributed by atoms with van der Waals surface area (Å²) in [6.45, 7) is 5.64. The molecule has 0 fully saturated rings. The topological polar surface area (TPSA) is 81.3 Å². The van der Waals surface area contributed by atoms with E-state index in [0.29, 0.717) is 31.3 Å². The number of anilines is 1. The predicted octanol–water partition coefficient (Wildman–Crippen LogP) is 3.88. The standard InChI is InChI=1S/C27H24ClN5O2S/c1-15-7-5-6-8-21(15)30-25(34)23-17(3)29-27-33(24(23)18-9-11-20(28)12-10-18)26(35)22(36-27)13-19-14-32(4)31-16(19)2/h5-14,24H,1-4H3,(H,30,34)/b22-13+/t24-/m0/s1. The van der Waals surface area contributed by atoms with E-state index in [1.165, 1.54) is 11.3 Å². The van der Waals surface area contributed by atoms with Gasteiger partial charge in [-0.05, 0) is 56.2 Å². The number of rotatable bonds is 4. The molecule has 2 aromatic carbocycles. The normalized spacial score (nSPS) is 15.6. The molecule has 0 saturated heterocycles. The lowest BCUT2D eigenvalue weighted by atomic mass is 9.95. The van der Waals surface area contributed by atoms with Gasteiger partial charge in [-0.1, -0.05) is 53.3 Å². The number of hydrogen-bond acceptors (Lipinski definition) is 5. The van der Waals surface area contributed by atoms with Gasteiger partial charge in [-0.25, -0.2) is 4.99 Å². The number of nitrogens with one attached hydrogen (secondary N) is 1. The summed E-state index contributed by atoms with van der Waals surface area (Å²) in [6, 6.07) is 14.1. The second-order valence-electron chi connectivity index (χ2n) is 8.75. The highest BCUT2D eigenvalue weighted by Crippen LogP contribution is 2.31. The smallest absolute Gasteiger partial charge is 0.271 e. The second-order valence-corrected chi connectivity index (χ2v) is 10.2. The summed E-state index contributed by atoms with van der Waals surface area (Å²) in [4.78, 5) is 32.6. The van der Waals surface area contributed by atoms with Crippen molar-refractivity contribution in [2.45, 2.75) is 26.8 Å². The summed E-state index contributed by atoms with van der Waals surface area (Å²) >= 11 is 7.46. The molecule has 1 atom stereocenters. The van der Waals surface area contributed by atoms with Gasteiger partial charge in [0.15, 0.2) is 4.80 Å². The number of carbonyl (C=O) groups is 1. The van der Waals surface area contributed by atoms with Crippen LogP contribution in [0.15, 0.2) is 75.8 Å². The average Bonchev–Trinajstić information content (AvgIpc) is 3.32. The van der Waals surface area contributed by atoms with Crippen molar-refractivity contribution in [1.82, 2.24) is 14.3 Å². The zero-order valence-electron chi connectivity index (χ0n) is 20.2. The Kier molecular flexibility index (Phi) is 6.24. The molecule has 2 aromatic heterocycles. The van der Waals surface area contributed by atoms with Crippen molar-refractivity contribution < 1.29 is 4.79 Å². The lowest BCUT2D eigenvalue weighted by Crippen LogP contribution is -2.40. The molecule has 0 spiro atoms. The Bertz CT molecular complexity index is 1710. The number of hydrogen-bond donors (Lipinski definition) is 1. The minimum Gasteiger partial charge on any atom is -0.322 e. The molecule has 0 bridgehead atoms. The number of benzene rings is 2. The van der Waals surface area contributed by atoms with E-state index in [0.717, 1.165) is 22.4 Å². The van der Waals surface area contributed by atoms with Crippen LogP contribution in [0.5, 0.6) is 0 Å². The van der Waals surface area contributed by atoms with Gasteiger partial charge in [-0.15, -0.1) is 0 Å². The fourth-order valence-electron chi connectivity index (χ4n) is 4.38. The van der Waals surface area contributed by atoms with Crippen molar-refractivity contribution in [2.24, 2.45) is 12.0 Å². The maximum atomic E-state index is 13.7. The fourth-order valence-corrected chi connectivity index (χ4v) is 5.54. The van der Waals surface area contributed by atoms with Crippen molar-refractivity contribution in [1.29, 1.82) is 0 Å². The van der Waals surface area contributed by atoms with Gasteiger partial charge in [0.2, 0.25) is 0 Å². The third-order valence-electron chi connectivity index (χ3n) is 6.18. The Morgan fingerprint density at radius 2 is 1.83 bits per heavy atom. The summed E-state index contributed by atoms with van der Waals surface area (Å²) in [5.41, 5.74) is 4.87. The van der Waals surface area contributed by atoms with Gasteiger partial charge in [0.05, 0.1) is 27.5 Å². The van der Waals surface area contributed by atoms with E-state index < -0.39 is 6.04 Å². The summed E-state index contributed by atoms with van der Waals surface area (Å²) in [6.07, 6.45) is 3.70. The number of aryl methyl sites for hydroxylation is 3. The molecular formula is C27H24ClN5O2S. The minimum atomic E-state index is -0.653. The van der Waals surface area contributed by atoms with Crippen LogP contribution in [0.1, 0.15) is 35.3 Å². The minimum absolute atomic E-state index is 0.212. The van der Waals surface area contributed by atoms with Gasteiger partial charge in [0, 0.05) is 29.5 Å². The van der Waals surface area contributed by atoms with E-state index in [1.807, 2.05) is 69.6 Å². The Morgan fingerprint density at radius 1 is 1.11 bits per heavy atom. The molecular weight excluding hydrogens is 494 g/mol. The first-order valence-corrected chi connectivity index (χ1v) is 12.6. The zero-order valence-corrected chi connectivity index (χ0v) is 21.8. The van der Waals surface area contributed by atoms with Crippen LogP contribution >= 0.6 is 22.9 Å². The van der Waals surface area contributed by atoms with E-state index in [1.54, 1.807) is 28.3 Å². The van der Waals surface area contributed by atoms with Crippen LogP contribution in [0, 0.1) is 13.8 Å². The van der Waals surface area contributed by atoms with Gasteiger partial charge in [0.1, 0.15) is 0 Å². The van der Waals surface area contributed by atoms with Crippen LogP contribution in [-0.2, 0) is 11.8 Å². The summed E-state index contributed by atoms with van der Waals surface area (Å²) < 4.78 is 3.84. The van der Waals surface area contributed by atoms with E-state index in [-0.39, 0.29) is 11.5 Å². The molecule has 1 aliphatic heterocycles. The maximum Gasteiger partial charge on any atom is 0.271 e. The highest BCUT2D eigenvalue weighted by molar-refractivity contribution is 7.07. The van der Waals surface area contributed by atoms with Crippen LogP contribution in [0.4, 0.5) is 5.69 Å². The molecule has 3 heterocycles. The second kappa shape index (κ2) is 9.37. The van der Waals surface area contributed by atoms with E-state index >= 15 is 0 Å². The SMILES string of the molecule is CC1=C(C(=O)Nc2ccccc2C)[C@H](c2ccc(Cl)cc2)n2c(s/c(=C/c3cn(C)nc3C)c2=O)=N1. The number of amides is 1. The number of fused-ring (bicyclic) bond motifs is 1. The molecule has 0 unspecified atom stereocenters. The lowest BCUT2D eigenvalue weighted by molar-refractivity contribution is -0.113. The van der Waals surface area contributed by atoms with E-state index in [4.69, 9.17) is 11.6 Å². The molecule has 1 aliphatic rings. The van der Waals surface area contributed by atoms with E-state index in [9.17, 15) is 9.59 Å². The van der Waals surface area contributed by atoms with Crippen LogP contribution in [0.2, 0.25) is 5.02 Å². The van der Waals surface area contributed by atoms with Crippen LogP contribution in [0.25, 0.3) is 6.08 Å². The number of thiazole rings is 1. The number of aromatic nitrogens is 3. The highest BCUT2D eigenvalue weighted by Gasteiger charge is 2.32. The number of nitrogens with zero attached hydrogens (tertiary/aromatic N) is 4. The van der Waals surface area contributed by atoms with Gasteiger partial charge in [0.25, 0.3) is 11.5 Å². The Hall–Kier alpha value is -3.75. The van der Waals surface area contributed by atoms with Crippen molar-refractivity contribution in [3.8, 4) is 0 Å². The first-order valence-electron chi connectivity index (χ1n) is 11.4. The number of carbonyl (C=O) groups excluding carboxylic acids is 1. The Labute approximate surface area is 216 Å². The highest BCUT2D eigenvalue weighted by atomic mass is 35.5. The average molecular weight is 518 g/mol. The van der Waals surface area contributed by atoms with E-state index in [2.05, 4.69) is 15.4 Å². The quantitative estimate of drug-likeness (QED) is 0.446. The third kappa shape index (κ3) is 4.34. The van der Waals surface area contributed by atoms with Crippen molar-refractivity contribution in [3.05, 3.63) is 113 Å². The van der Waals surface area contributed by atoms with Crippen LogP contribution < -0.4 is 20.2 Å². The van der Waals surface area contributed by atoms with Gasteiger partial charge in [-0.3, -0.25) is 18.8 Å². The van der Waals surface area contributed by atoms with Gasteiger partial charge >= 0.3 is 0 Å². The molecule has 7 nitrogen and oxygen atoms in total. The molecule has 4 aromatic rings. The molecule has 1 N–H and O–H groups in total. The monoisotopic (exact) mass is 517 g/mol. The van der Waals surface area contributed by atoms with Crippen molar-refractivity contribution in [2.75, 3.05) is 5.32 Å². The van der Waals surface area contributed by atoms with Crippen LogP contribution in [-0.4, -0.2) is 20.3 Å². The number of halogens is 1. The first-order chi connectivity index (χ1) is 17.2. The molecule has 0 radical (unpaired) electrons. The molecule has 5 rings (SSSR count). The molecule has 0 aliphatic carbocycles. The number of para-hydroxylation sites is 1. The zero-order chi connectivity index (χ0) is 25.6. The summed E-state index contributed by atoms with van der Waals surface area (Å²) in [5, 5.41) is 7.96. The molecule has 36 heavy (non-hydrogen) atoms. The van der Waals surface area contributed by atoms with Crippen molar-refractivity contribution in [3.63, 3.8) is 0 Å². The fraction of sp³-hybridized carbons (Fsp3) is 0.185. The summed E-state index contributed by atoms with van der Waals surface area (Å²) in [7, 11) is 1.84. The van der Waals surface area contributed by atoms with Gasteiger partial charge < -0.3 is 5.32 Å². The largest absolute Gasteiger partial charge is 0.322 e. The molecule has 0 saturated carbocycles. The molecule has 1 amide bonds. The van der Waals surface area contributed by atoms with Crippen molar-refractivity contribution >= 4 is 40.6 Å². The predicted molar refractivity (Wildman–Crippen MR) is 143 cm³/mol. The maximum absolute atomic E-state index is 13.7. The summed E-state index contributed by atoms with van der Waals surface area (Å²) in [5.74, 6) is -0.303.